The minimum Gasteiger partial charge on any atom is -0.313 e. The summed E-state index contributed by atoms with van der Waals surface area (Å²) < 4.78 is 38.1. The van der Waals surface area contributed by atoms with Gasteiger partial charge in [0.2, 0.25) is 0 Å². The van der Waals surface area contributed by atoms with Gasteiger partial charge in [0.25, 0.3) is 0 Å². The first-order chi connectivity index (χ1) is 7.82. The van der Waals surface area contributed by atoms with Gasteiger partial charge in [-0.15, -0.1) is 22.7 Å². The molecule has 0 saturated carbocycles. The standard InChI is InChI=1S/C10H9F3N2S2/c1-9(14,10(11,12)13)7-5-17-8(15-7)6-3-2-4-16-6/h2-5H,14H2,1H3. The molecule has 2 N–H and O–H groups in total. The van der Waals surface area contributed by atoms with E-state index < -0.39 is 11.7 Å². The molecule has 17 heavy (non-hydrogen) atoms. The fourth-order valence-electron chi connectivity index (χ4n) is 1.17. The number of thiophene rings is 1. The van der Waals surface area contributed by atoms with Crippen molar-refractivity contribution in [1.29, 1.82) is 0 Å². The van der Waals surface area contributed by atoms with Crippen LogP contribution in [0.2, 0.25) is 0 Å². The highest BCUT2D eigenvalue weighted by atomic mass is 32.1. The van der Waals surface area contributed by atoms with E-state index in [0.29, 0.717) is 5.01 Å². The number of halogens is 3. The van der Waals surface area contributed by atoms with Crippen LogP contribution in [0.5, 0.6) is 0 Å². The van der Waals surface area contributed by atoms with Crippen molar-refractivity contribution in [3.05, 3.63) is 28.6 Å². The van der Waals surface area contributed by atoms with Gasteiger partial charge in [0, 0.05) is 5.38 Å². The van der Waals surface area contributed by atoms with E-state index in [4.69, 9.17) is 5.73 Å². The number of thiazole rings is 1. The molecule has 0 aliphatic carbocycles. The van der Waals surface area contributed by atoms with Crippen molar-refractivity contribution in [1.82, 2.24) is 4.98 Å². The summed E-state index contributed by atoms with van der Waals surface area (Å²) in [4.78, 5) is 4.82. The molecule has 2 heterocycles. The van der Waals surface area contributed by atoms with E-state index in [1.165, 1.54) is 28.1 Å². The van der Waals surface area contributed by atoms with E-state index >= 15 is 0 Å². The molecular weight excluding hydrogens is 269 g/mol. The van der Waals surface area contributed by atoms with Crippen molar-refractivity contribution in [2.24, 2.45) is 5.73 Å². The average Bonchev–Trinajstić information content (AvgIpc) is 2.87. The van der Waals surface area contributed by atoms with E-state index in [9.17, 15) is 13.2 Å². The Morgan fingerprint density at radius 2 is 2.00 bits per heavy atom. The highest BCUT2D eigenvalue weighted by Crippen LogP contribution is 2.38. The summed E-state index contributed by atoms with van der Waals surface area (Å²) in [5.74, 6) is 0. The third-order valence-electron chi connectivity index (χ3n) is 2.36. The normalized spacial score (nSPS) is 15.8. The summed E-state index contributed by atoms with van der Waals surface area (Å²) in [7, 11) is 0. The quantitative estimate of drug-likeness (QED) is 0.911. The first-order valence-electron chi connectivity index (χ1n) is 4.68. The minimum atomic E-state index is -4.51. The highest BCUT2D eigenvalue weighted by molar-refractivity contribution is 7.20. The van der Waals surface area contributed by atoms with Crippen molar-refractivity contribution in [3.63, 3.8) is 0 Å². The number of hydrogen-bond donors (Lipinski definition) is 1. The Balaban J connectivity index is 2.37. The molecule has 0 radical (unpaired) electrons. The Morgan fingerprint density at radius 1 is 1.29 bits per heavy atom. The topological polar surface area (TPSA) is 38.9 Å². The molecule has 7 heteroatoms. The fraction of sp³-hybridized carbons (Fsp3) is 0.300. The highest BCUT2D eigenvalue weighted by Gasteiger charge is 2.51. The van der Waals surface area contributed by atoms with Gasteiger partial charge in [0.05, 0.1) is 10.6 Å². The predicted molar refractivity (Wildman–Crippen MR) is 63.0 cm³/mol. The molecular formula is C10H9F3N2S2. The number of rotatable bonds is 2. The van der Waals surface area contributed by atoms with Crippen LogP contribution < -0.4 is 5.73 Å². The molecule has 0 aliphatic heterocycles. The maximum atomic E-state index is 12.7. The van der Waals surface area contributed by atoms with Crippen LogP contribution in [0.3, 0.4) is 0 Å². The second-order valence-corrected chi connectivity index (χ2v) is 5.52. The summed E-state index contributed by atoms with van der Waals surface area (Å²) in [5.41, 5.74) is 2.76. The van der Waals surface area contributed by atoms with Crippen molar-refractivity contribution in [3.8, 4) is 9.88 Å². The van der Waals surface area contributed by atoms with E-state index in [-0.39, 0.29) is 5.69 Å². The zero-order valence-electron chi connectivity index (χ0n) is 8.78. The number of hydrogen-bond acceptors (Lipinski definition) is 4. The Kier molecular flexibility index (Phi) is 3.01. The lowest BCUT2D eigenvalue weighted by Crippen LogP contribution is -2.47. The van der Waals surface area contributed by atoms with Gasteiger partial charge in [-0.25, -0.2) is 4.98 Å². The first kappa shape index (κ1) is 12.5. The van der Waals surface area contributed by atoms with Crippen LogP contribution in [0.4, 0.5) is 13.2 Å². The minimum absolute atomic E-state index is 0.140. The maximum absolute atomic E-state index is 12.7. The van der Waals surface area contributed by atoms with Gasteiger partial charge in [-0.3, -0.25) is 0 Å². The molecule has 2 rings (SSSR count). The summed E-state index contributed by atoms with van der Waals surface area (Å²) in [6, 6.07) is 3.64. The molecule has 0 aromatic carbocycles. The van der Waals surface area contributed by atoms with Crippen LogP contribution in [0.25, 0.3) is 9.88 Å². The van der Waals surface area contributed by atoms with Crippen LogP contribution >= 0.6 is 22.7 Å². The first-order valence-corrected chi connectivity index (χ1v) is 6.44. The molecule has 0 aliphatic rings. The summed E-state index contributed by atoms with van der Waals surface area (Å²) in [6.45, 7) is 0.931. The van der Waals surface area contributed by atoms with Gasteiger partial charge in [0.1, 0.15) is 5.01 Å². The monoisotopic (exact) mass is 278 g/mol. The van der Waals surface area contributed by atoms with Crippen LogP contribution in [0, 0.1) is 0 Å². The second-order valence-electron chi connectivity index (χ2n) is 3.72. The Labute approximate surface area is 104 Å². The molecule has 1 atom stereocenters. The zero-order valence-corrected chi connectivity index (χ0v) is 10.4. The van der Waals surface area contributed by atoms with Crippen LogP contribution in [-0.2, 0) is 5.54 Å². The molecule has 0 saturated heterocycles. The number of aromatic nitrogens is 1. The molecule has 2 aromatic rings. The lowest BCUT2D eigenvalue weighted by atomic mass is 10.00. The van der Waals surface area contributed by atoms with Crippen molar-refractivity contribution in [2.45, 2.75) is 18.6 Å². The Bertz CT molecular complexity index is 500. The molecule has 2 nitrogen and oxygen atoms in total. The van der Waals surface area contributed by atoms with Crippen LogP contribution in [-0.4, -0.2) is 11.2 Å². The molecule has 92 valence electrons. The zero-order chi connectivity index (χ0) is 12.7. The second kappa shape index (κ2) is 4.08. The lowest BCUT2D eigenvalue weighted by molar-refractivity contribution is -0.185. The summed E-state index contributed by atoms with van der Waals surface area (Å²) >= 11 is 2.60. The van der Waals surface area contributed by atoms with Crippen molar-refractivity contribution >= 4 is 22.7 Å². The van der Waals surface area contributed by atoms with Gasteiger partial charge >= 0.3 is 6.18 Å². The van der Waals surface area contributed by atoms with E-state index in [0.717, 1.165) is 11.8 Å². The fourth-order valence-corrected chi connectivity index (χ4v) is 2.92. The van der Waals surface area contributed by atoms with Crippen LogP contribution in [0.1, 0.15) is 12.6 Å². The molecule has 0 amide bonds. The molecule has 0 fully saturated rings. The molecule has 0 bridgehead atoms. The van der Waals surface area contributed by atoms with E-state index in [1.807, 2.05) is 17.5 Å². The van der Waals surface area contributed by atoms with Gasteiger partial charge < -0.3 is 5.73 Å². The Hall–Kier alpha value is -0.920. The average molecular weight is 278 g/mol. The molecule has 2 aromatic heterocycles. The summed E-state index contributed by atoms with van der Waals surface area (Å²) in [5, 5.41) is 3.78. The van der Waals surface area contributed by atoms with E-state index in [2.05, 4.69) is 4.98 Å². The largest absolute Gasteiger partial charge is 0.411 e. The maximum Gasteiger partial charge on any atom is 0.411 e. The number of nitrogens with two attached hydrogens (primary N) is 1. The van der Waals surface area contributed by atoms with Crippen molar-refractivity contribution < 1.29 is 13.2 Å². The SMILES string of the molecule is CC(N)(c1csc(-c2cccs2)n1)C(F)(F)F. The van der Waals surface area contributed by atoms with Gasteiger partial charge in [-0.05, 0) is 18.4 Å². The predicted octanol–water partition coefficient (Wildman–Crippen LogP) is 3.61. The third kappa shape index (κ3) is 2.22. The lowest BCUT2D eigenvalue weighted by Gasteiger charge is -2.25. The molecule has 0 spiro atoms. The number of alkyl halides is 3. The Morgan fingerprint density at radius 3 is 2.53 bits per heavy atom. The summed E-state index contributed by atoms with van der Waals surface area (Å²) in [6.07, 6.45) is -4.51. The number of nitrogens with zero attached hydrogens (tertiary/aromatic N) is 1. The van der Waals surface area contributed by atoms with Crippen LogP contribution in [0.15, 0.2) is 22.9 Å². The third-order valence-corrected chi connectivity index (χ3v) is 4.24. The smallest absolute Gasteiger partial charge is 0.313 e. The van der Waals surface area contributed by atoms with Crippen molar-refractivity contribution in [2.75, 3.05) is 0 Å². The molecule has 1 unspecified atom stereocenters. The van der Waals surface area contributed by atoms with Gasteiger partial charge in [-0.1, -0.05) is 6.07 Å². The van der Waals surface area contributed by atoms with Gasteiger partial charge in [-0.2, -0.15) is 13.2 Å². The van der Waals surface area contributed by atoms with Gasteiger partial charge in [0.15, 0.2) is 5.54 Å². The van der Waals surface area contributed by atoms with E-state index in [1.54, 1.807) is 0 Å².